The first-order valence-electron chi connectivity index (χ1n) is 4.89. The first-order valence-corrected chi connectivity index (χ1v) is 4.89. The zero-order valence-corrected chi connectivity index (χ0v) is 8.32. The minimum Gasteiger partial charge on any atom is -0.423 e. The molecule has 1 aliphatic rings. The highest BCUT2D eigenvalue weighted by Gasteiger charge is 2.44. The lowest BCUT2D eigenvalue weighted by Crippen LogP contribution is -2.13. The Kier molecular flexibility index (Phi) is 2.87. The zero-order valence-electron chi connectivity index (χ0n) is 8.32. The minimum absolute atomic E-state index is 0.0919. The van der Waals surface area contributed by atoms with E-state index in [1.54, 1.807) is 0 Å². The van der Waals surface area contributed by atoms with Crippen molar-refractivity contribution >= 4 is 5.97 Å². The van der Waals surface area contributed by atoms with Gasteiger partial charge >= 0.3 is 5.97 Å². The second-order valence-corrected chi connectivity index (χ2v) is 3.78. The molecule has 0 radical (unpaired) electrons. The smallest absolute Gasteiger partial charge is 0.314 e. The van der Waals surface area contributed by atoms with Crippen LogP contribution in [0.1, 0.15) is 6.42 Å². The second-order valence-electron chi connectivity index (χ2n) is 3.78. The summed E-state index contributed by atoms with van der Waals surface area (Å²) in [7, 11) is 0. The van der Waals surface area contributed by atoms with E-state index in [4.69, 9.17) is 9.84 Å². The number of carbonyl (C=O) groups excluding carboxylic acids is 1. The quantitative estimate of drug-likeness (QED) is 0.630. The molecule has 0 saturated heterocycles. The summed E-state index contributed by atoms with van der Waals surface area (Å²) in [5.41, 5.74) is 0. The average Bonchev–Trinajstić information content (AvgIpc) is 3.02. The third-order valence-electron chi connectivity index (χ3n) is 2.56. The van der Waals surface area contributed by atoms with Crippen molar-refractivity contribution in [3.8, 4) is 5.75 Å². The van der Waals surface area contributed by atoms with Gasteiger partial charge < -0.3 is 9.84 Å². The molecule has 0 spiro atoms. The van der Waals surface area contributed by atoms with E-state index in [1.807, 2.05) is 0 Å². The van der Waals surface area contributed by atoms with Gasteiger partial charge in [-0.3, -0.25) is 4.79 Å². The van der Waals surface area contributed by atoms with Crippen molar-refractivity contribution in [2.24, 2.45) is 11.8 Å². The molecule has 1 aromatic carbocycles. The maximum Gasteiger partial charge on any atom is 0.314 e. The van der Waals surface area contributed by atoms with Crippen LogP contribution in [-0.2, 0) is 4.79 Å². The summed E-state index contributed by atoms with van der Waals surface area (Å²) < 4.78 is 30.6. The molecule has 1 aliphatic carbocycles. The Morgan fingerprint density at radius 2 is 2.25 bits per heavy atom. The third-order valence-corrected chi connectivity index (χ3v) is 2.56. The lowest BCUT2D eigenvalue weighted by molar-refractivity contribution is -0.136. The van der Waals surface area contributed by atoms with Crippen molar-refractivity contribution in [2.75, 3.05) is 6.61 Å². The summed E-state index contributed by atoms with van der Waals surface area (Å²) >= 11 is 0. The topological polar surface area (TPSA) is 46.5 Å². The van der Waals surface area contributed by atoms with E-state index in [2.05, 4.69) is 0 Å². The first kappa shape index (κ1) is 11.0. The van der Waals surface area contributed by atoms with Gasteiger partial charge in [-0.1, -0.05) is 0 Å². The molecule has 2 unspecified atom stereocenters. The summed E-state index contributed by atoms with van der Waals surface area (Å²) in [6.45, 7) is -0.0919. The van der Waals surface area contributed by atoms with Gasteiger partial charge in [0.15, 0.2) is 11.6 Å². The molecule has 1 N–H and O–H groups in total. The number of benzene rings is 1. The number of halogens is 2. The van der Waals surface area contributed by atoms with Gasteiger partial charge in [0.05, 0.1) is 5.92 Å². The van der Waals surface area contributed by atoms with Crippen LogP contribution in [-0.4, -0.2) is 17.7 Å². The van der Waals surface area contributed by atoms with E-state index in [9.17, 15) is 13.6 Å². The van der Waals surface area contributed by atoms with Crippen LogP contribution in [0.2, 0.25) is 0 Å². The Labute approximate surface area is 90.7 Å². The predicted octanol–water partition coefficient (Wildman–Crippen LogP) is 1.50. The number of rotatable bonds is 3. The van der Waals surface area contributed by atoms with Gasteiger partial charge in [-0.2, -0.15) is 0 Å². The van der Waals surface area contributed by atoms with Gasteiger partial charge in [0.25, 0.3) is 0 Å². The number of aliphatic hydroxyl groups is 1. The third kappa shape index (κ3) is 2.19. The molecule has 0 heterocycles. The SMILES string of the molecule is O=C(Oc1cc(F)ccc1F)C1CC1CO. The largest absolute Gasteiger partial charge is 0.423 e. The fourth-order valence-corrected chi connectivity index (χ4v) is 1.48. The van der Waals surface area contributed by atoms with E-state index in [0.717, 1.165) is 18.2 Å². The number of esters is 1. The summed E-state index contributed by atoms with van der Waals surface area (Å²) in [5, 5.41) is 8.75. The number of aliphatic hydroxyl groups excluding tert-OH is 1. The highest BCUT2D eigenvalue weighted by atomic mass is 19.1. The van der Waals surface area contributed by atoms with Crippen LogP contribution in [0.25, 0.3) is 0 Å². The lowest BCUT2D eigenvalue weighted by Gasteiger charge is -2.04. The maximum atomic E-state index is 13.1. The predicted molar refractivity (Wildman–Crippen MR) is 50.7 cm³/mol. The Hall–Kier alpha value is -1.49. The van der Waals surface area contributed by atoms with Gasteiger partial charge in [0.2, 0.25) is 0 Å². The van der Waals surface area contributed by atoms with Crippen LogP contribution < -0.4 is 4.74 Å². The maximum absolute atomic E-state index is 13.1. The normalized spacial score (nSPS) is 22.9. The first-order chi connectivity index (χ1) is 7.61. The van der Waals surface area contributed by atoms with E-state index in [0.29, 0.717) is 6.42 Å². The standard InChI is InChI=1S/C11H10F2O3/c12-7-1-2-9(13)10(4-7)16-11(15)8-3-6(8)5-14/h1-2,4,6,8,14H,3,5H2. The van der Waals surface area contributed by atoms with Crippen molar-refractivity contribution in [1.29, 1.82) is 0 Å². The lowest BCUT2D eigenvalue weighted by atomic mass is 10.3. The summed E-state index contributed by atoms with van der Waals surface area (Å²) in [6.07, 6.45) is 0.534. The van der Waals surface area contributed by atoms with Crippen molar-refractivity contribution in [3.05, 3.63) is 29.8 Å². The number of ether oxygens (including phenoxy) is 1. The van der Waals surface area contributed by atoms with Gasteiger partial charge in [-0.15, -0.1) is 0 Å². The molecule has 5 heteroatoms. The van der Waals surface area contributed by atoms with Crippen molar-refractivity contribution in [1.82, 2.24) is 0 Å². The van der Waals surface area contributed by atoms with E-state index in [-0.39, 0.29) is 12.5 Å². The van der Waals surface area contributed by atoms with Gasteiger partial charge in [0, 0.05) is 12.7 Å². The molecule has 0 aromatic heterocycles. The molecular weight excluding hydrogens is 218 g/mol. The van der Waals surface area contributed by atoms with Crippen molar-refractivity contribution in [3.63, 3.8) is 0 Å². The van der Waals surface area contributed by atoms with Crippen LogP contribution in [0, 0.1) is 23.5 Å². The highest BCUT2D eigenvalue weighted by molar-refractivity contribution is 5.78. The molecule has 1 saturated carbocycles. The highest BCUT2D eigenvalue weighted by Crippen LogP contribution is 2.39. The molecule has 16 heavy (non-hydrogen) atoms. The van der Waals surface area contributed by atoms with Gasteiger partial charge in [-0.25, -0.2) is 8.78 Å². The second kappa shape index (κ2) is 4.17. The summed E-state index contributed by atoms with van der Waals surface area (Å²) in [4.78, 5) is 11.4. The Bertz CT molecular complexity index is 420. The summed E-state index contributed by atoms with van der Waals surface area (Å²) in [5.74, 6) is -2.98. The van der Waals surface area contributed by atoms with E-state index >= 15 is 0 Å². The van der Waals surface area contributed by atoms with Crippen LogP contribution >= 0.6 is 0 Å². The Morgan fingerprint density at radius 3 is 2.88 bits per heavy atom. The number of hydrogen-bond donors (Lipinski definition) is 1. The van der Waals surface area contributed by atoms with Crippen LogP contribution in [0.4, 0.5) is 8.78 Å². The molecule has 0 bridgehead atoms. The monoisotopic (exact) mass is 228 g/mol. The molecule has 0 aliphatic heterocycles. The van der Waals surface area contributed by atoms with E-state index < -0.39 is 29.3 Å². The fraction of sp³-hybridized carbons (Fsp3) is 0.364. The number of hydrogen-bond acceptors (Lipinski definition) is 3. The molecule has 1 fully saturated rings. The van der Waals surface area contributed by atoms with Crippen LogP contribution in [0.3, 0.4) is 0 Å². The molecule has 1 aromatic rings. The minimum atomic E-state index is -0.782. The molecule has 2 atom stereocenters. The zero-order chi connectivity index (χ0) is 11.7. The Morgan fingerprint density at radius 1 is 1.50 bits per heavy atom. The van der Waals surface area contributed by atoms with Crippen molar-refractivity contribution < 1.29 is 23.4 Å². The van der Waals surface area contributed by atoms with Gasteiger partial charge in [-0.05, 0) is 24.5 Å². The van der Waals surface area contributed by atoms with Gasteiger partial charge in [0.1, 0.15) is 5.82 Å². The van der Waals surface area contributed by atoms with Crippen LogP contribution in [0.5, 0.6) is 5.75 Å². The fourth-order valence-electron chi connectivity index (χ4n) is 1.48. The molecular formula is C11H10F2O3. The van der Waals surface area contributed by atoms with E-state index in [1.165, 1.54) is 0 Å². The Balaban J connectivity index is 2.04. The molecule has 86 valence electrons. The molecule has 2 rings (SSSR count). The van der Waals surface area contributed by atoms with Crippen molar-refractivity contribution in [2.45, 2.75) is 6.42 Å². The average molecular weight is 228 g/mol. The molecule has 0 amide bonds. The summed E-state index contributed by atoms with van der Waals surface area (Å²) in [6, 6.07) is 2.66. The number of carbonyl (C=O) groups is 1. The van der Waals surface area contributed by atoms with Crippen LogP contribution in [0.15, 0.2) is 18.2 Å². The molecule has 3 nitrogen and oxygen atoms in total.